The van der Waals surface area contributed by atoms with E-state index in [1.165, 1.54) is 15.8 Å². The number of hydrogen-bond donors (Lipinski definition) is 1. The van der Waals surface area contributed by atoms with Gasteiger partial charge in [-0.25, -0.2) is 4.98 Å². The number of hydrogen-bond acceptors (Lipinski definition) is 6. The highest BCUT2D eigenvalue weighted by Gasteiger charge is 2.20. The summed E-state index contributed by atoms with van der Waals surface area (Å²) in [6.07, 6.45) is 0. The second-order valence-corrected chi connectivity index (χ2v) is 9.82. The van der Waals surface area contributed by atoms with Gasteiger partial charge in [0.15, 0.2) is 11.7 Å². The quantitative estimate of drug-likeness (QED) is 0.524. The van der Waals surface area contributed by atoms with Crippen LogP contribution < -0.4 is 15.0 Å². The Hall–Kier alpha value is -2.06. The Labute approximate surface area is 202 Å². The zero-order valence-corrected chi connectivity index (χ0v) is 20.5. The molecule has 0 bridgehead atoms. The van der Waals surface area contributed by atoms with Crippen LogP contribution in [0.4, 0.5) is 5.13 Å². The molecule has 0 spiro atoms. The number of anilines is 1. The van der Waals surface area contributed by atoms with Gasteiger partial charge in [0.25, 0.3) is 5.91 Å². The minimum absolute atomic E-state index is 0.0778. The highest BCUT2D eigenvalue weighted by molar-refractivity contribution is 7.22. The molecule has 0 saturated carbocycles. The molecule has 1 aliphatic heterocycles. The van der Waals surface area contributed by atoms with Gasteiger partial charge in [0.05, 0.1) is 15.2 Å². The van der Waals surface area contributed by atoms with Gasteiger partial charge in [-0.05, 0) is 49.2 Å². The van der Waals surface area contributed by atoms with Gasteiger partial charge in [-0.3, -0.25) is 9.69 Å². The smallest absolute Gasteiger partial charge is 0.257 e. The van der Waals surface area contributed by atoms with E-state index in [-0.39, 0.29) is 12.5 Å². The van der Waals surface area contributed by atoms with Crippen molar-refractivity contribution in [3.05, 3.63) is 51.5 Å². The number of aromatic nitrogens is 1. The third kappa shape index (κ3) is 5.64. The van der Waals surface area contributed by atoms with Crippen molar-refractivity contribution in [2.45, 2.75) is 13.8 Å². The molecule has 0 unspecified atom stereocenters. The van der Waals surface area contributed by atoms with Crippen LogP contribution in [-0.4, -0.2) is 61.7 Å². The standard InChI is InChI=1S/C23H26Cl2N4O2S/c1-15-11-16(2)22-20(12-15)32-23(27-22)29-9-7-28(8-10-29)6-5-26-21(30)14-31-19-4-3-17(24)13-18(19)25/h3-4,11-13H,5-10,14H2,1-2H3,(H,26,30). The van der Waals surface area contributed by atoms with Crippen molar-refractivity contribution in [1.82, 2.24) is 15.2 Å². The van der Waals surface area contributed by atoms with E-state index in [0.717, 1.165) is 43.4 Å². The summed E-state index contributed by atoms with van der Waals surface area (Å²) in [7, 11) is 0. The molecule has 0 radical (unpaired) electrons. The summed E-state index contributed by atoms with van der Waals surface area (Å²) in [5, 5.41) is 4.92. The molecule has 1 aromatic heterocycles. The maximum absolute atomic E-state index is 12.1. The minimum Gasteiger partial charge on any atom is -0.482 e. The summed E-state index contributed by atoms with van der Waals surface area (Å²) in [6, 6.07) is 9.33. The molecule has 32 heavy (non-hydrogen) atoms. The zero-order chi connectivity index (χ0) is 22.7. The Morgan fingerprint density at radius 1 is 1.16 bits per heavy atom. The first-order valence-corrected chi connectivity index (χ1v) is 12.2. The maximum atomic E-state index is 12.1. The monoisotopic (exact) mass is 492 g/mol. The van der Waals surface area contributed by atoms with Crippen LogP contribution in [0.15, 0.2) is 30.3 Å². The lowest BCUT2D eigenvalue weighted by molar-refractivity contribution is -0.123. The molecule has 2 heterocycles. The van der Waals surface area contributed by atoms with Crippen LogP contribution in [0.1, 0.15) is 11.1 Å². The van der Waals surface area contributed by atoms with Gasteiger partial charge in [0.2, 0.25) is 0 Å². The second-order valence-electron chi connectivity index (χ2n) is 7.97. The Bertz CT molecular complexity index is 1110. The number of thiazole rings is 1. The summed E-state index contributed by atoms with van der Waals surface area (Å²) >= 11 is 13.7. The highest BCUT2D eigenvalue weighted by Crippen LogP contribution is 2.32. The third-order valence-corrected chi connectivity index (χ3v) is 7.06. The van der Waals surface area contributed by atoms with Gasteiger partial charge in [-0.2, -0.15) is 0 Å². The highest BCUT2D eigenvalue weighted by atomic mass is 35.5. The van der Waals surface area contributed by atoms with Gasteiger partial charge in [0, 0.05) is 44.3 Å². The van der Waals surface area contributed by atoms with E-state index >= 15 is 0 Å². The van der Waals surface area contributed by atoms with Crippen LogP contribution in [0.5, 0.6) is 5.75 Å². The molecule has 170 valence electrons. The third-order valence-electron chi connectivity index (χ3n) is 5.46. The first-order valence-electron chi connectivity index (χ1n) is 10.6. The Balaban J connectivity index is 1.19. The molecule has 4 rings (SSSR count). The molecular weight excluding hydrogens is 467 g/mol. The SMILES string of the molecule is Cc1cc(C)c2nc(N3CCN(CCNC(=O)COc4ccc(Cl)cc4Cl)CC3)sc2c1. The lowest BCUT2D eigenvalue weighted by Crippen LogP contribution is -2.48. The average Bonchev–Trinajstić information content (AvgIpc) is 3.18. The number of piperazine rings is 1. The first kappa shape index (κ1) is 23.1. The fourth-order valence-corrected chi connectivity index (χ4v) is 5.45. The van der Waals surface area contributed by atoms with Crippen LogP contribution in [0, 0.1) is 13.8 Å². The van der Waals surface area contributed by atoms with Gasteiger partial charge >= 0.3 is 0 Å². The van der Waals surface area contributed by atoms with Gasteiger partial charge < -0.3 is 15.0 Å². The summed E-state index contributed by atoms with van der Waals surface area (Å²) < 4.78 is 6.73. The van der Waals surface area contributed by atoms with Crippen molar-refractivity contribution < 1.29 is 9.53 Å². The summed E-state index contributed by atoms with van der Waals surface area (Å²) in [6.45, 7) is 9.32. The first-order chi connectivity index (χ1) is 15.4. The van der Waals surface area contributed by atoms with Crippen molar-refractivity contribution in [3.63, 3.8) is 0 Å². The largest absolute Gasteiger partial charge is 0.482 e. The van der Waals surface area contributed by atoms with Crippen LogP contribution in [0.25, 0.3) is 10.2 Å². The molecule has 1 fully saturated rings. The fourth-order valence-electron chi connectivity index (χ4n) is 3.80. The van der Waals surface area contributed by atoms with Crippen LogP contribution >= 0.6 is 34.5 Å². The van der Waals surface area contributed by atoms with E-state index in [2.05, 4.69) is 41.1 Å². The molecule has 9 heteroatoms. The minimum atomic E-state index is -0.171. The Morgan fingerprint density at radius 2 is 1.94 bits per heavy atom. The van der Waals surface area contributed by atoms with Crippen molar-refractivity contribution in [1.29, 1.82) is 0 Å². The van der Waals surface area contributed by atoms with Crippen LogP contribution in [-0.2, 0) is 4.79 Å². The predicted octanol–water partition coefficient (Wildman–Crippen LogP) is 4.54. The van der Waals surface area contributed by atoms with E-state index in [1.54, 1.807) is 29.5 Å². The molecular formula is C23H26Cl2N4O2S. The second kappa shape index (κ2) is 10.3. The number of halogens is 2. The summed E-state index contributed by atoms with van der Waals surface area (Å²) in [5.74, 6) is 0.275. The Kier molecular flexibility index (Phi) is 7.40. The molecule has 3 aromatic rings. The van der Waals surface area contributed by atoms with Gasteiger partial charge in [-0.1, -0.05) is 40.6 Å². The molecule has 1 amide bonds. The number of carbonyl (C=O) groups excluding carboxylic acids is 1. The summed E-state index contributed by atoms with van der Waals surface area (Å²) in [5.41, 5.74) is 3.63. The number of nitrogens with zero attached hydrogens (tertiary/aromatic N) is 3. The number of amides is 1. The molecule has 1 N–H and O–H groups in total. The van der Waals surface area contributed by atoms with E-state index in [1.807, 2.05) is 0 Å². The van der Waals surface area contributed by atoms with Crippen LogP contribution in [0.2, 0.25) is 10.0 Å². The van der Waals surface area contributed by atoms with E-state index < -0.39 is 0 Å². The molecule has 1 saturated heterocycles. The number of ether oxygens (including phenoxy) is 1. The number of fused-ring (bicyclic) bond motifs is 1. The van der Waals surface area contributed by atoms with Gasteiger partial charge in [-0.15, -0.1) is 0 Å². The number of benzene rings is 2. The molecule has 1 aliphatic rings. The fraction of sp³-hybridized carbons (Fsp3) is 0.391. The lowest BCUT2D eigenvalue weighted by atomic mass is 10.1. The van der Waals surface area contributed by atoms with Crippen molar-refractivity contribution in [3.8, 4) is 5.75 Å². The normalized spacial score (nSPS) is 14.7. The summed E-state index contributed by atoms with van der Waals surface area (Å²) in [4.78, 5) is 21.7. The zero-order valence-electron chi connectivity index (χ0n) is 18.2. The van der Waals surface area contributed by atoms with Crippen molar-refractivity contribution >= 4 is 55.8 Å². The number of aryl methyl sites for hydroxylation is 2. The van der Waals surface area contributed by atoms with E-state index in [0.29, 0.717) is 22.3 Å². The molecule has 6 nitrogen and oxygen atoms in total. The molecule has 0 atom stereocenters. The average molecular weight is 493 g/mol. The lowest BCUT2D eigenvalue weighted by Gasteiger charge is -2.34. The van der Waals surface area contributed by atoms with Crippen LogP contribution in [0.3, 0.4) is 0 Å². The van der Waals surface area contributed by atoms with Gasteiger partial charge in [0.1, 0.15) is 5.75 Å². The number of nitrogens with one attached hydrogen (secondary N) is 1. The number of carbonyl (C=O) groups is 1. The Morgan fingerprint density at radius 3 is 2.69 bits per heavy atom. The predicted molar refractivity (Wildman–Crippen MR) is 133 cm³/mol. The van der Waals surface area contributed by atoms with E-state index in [9.17, 15) is 4.79 Å². The maximum Gasteiger partial charge on any atom is 0.257 e. The van der Waals surface area contributed by atoms with Crippen molar-refractivity contribution in [2.24, 2.45) is 0 Å². The van der Waals surface area contributed by atoms with E-state index in [4.69, 9.17) is 32.9 Å². The molecule has 2 aromatic carbocycles. The van der Waals surface area contributed by atoms with Crippen molar-refractivity contribution in [2.75, 3.05) is 50.8 Å². The number of rotatable bonds is 7. The molecule has 0 aliphatic carbocycles. The topological polar surface area (TPSA) is 57.7 Å².